The molecule has 0 unspecified atom stereocenters. The van der Waals surface area contributed by atoms with Gasteiger partial charge >= 0.3 is 0 Å². The molecule has 0 saturated carbocycles. The third-order valence-electron chi connectivity index (χ3n) is 2.77. The average molecular weight is 305 g/mol. The average Bonchev–Trinajstić information content (AvgIpc) is 2.66. The van der Waals surface area contributed by atoms with E-state index in [1.165, 1.54) is 10.7 Å². The Morgan fingerprint density at radius 1 is 1.32 bits per heavy atom. The Morgan fingerprint density at radius 3 is 2.47 bits per heavy atom. The first kappa shape index (κ1) is 14.3. The molecule has 0 aliphatic carbocycles. The molecule has 19 heavy (non-hydrogen) atoms. The summed E-state index contributed by atoms with van der Waals surface area (Å²) >= 11 is 12.0. The Bertz CT molecular complexity index is 609. The van der Waals surface area contributed by atoms with Crippen LogP contribution in [0.15, 0.2) is 18.2 Å². The molecule has 0 bridgehead atoms. The Kier molecular flexibility index (Phi) is 4.11. The lowest BCUT2D eigenvalue weighted by molar-refractivity contribution is 0.572. The van der Waals surface area contributed by atoms with Crippen molar-refractivity contribution in [3.63, 3.8) is 0 Å². The standard InChI is InChI=1S/C13H12Cl2F2N2/c1-7(2)12-9(6-14)13(15)19(18-12)11-4-3-8(16)5-10(11)17/h3-5,7H,6H2,1-2H3. The number of rotatable bonds is 3. The SMILES string of the molecule is CC(C)c1nn(-c2ccc(F)cc2F)c(Cl)c1CCl. The van der Waals surface area contributed by atoms with E-state index < -0.39 is 11.6 Å². The number of nitrogens with zero attached hydrogens (tertiary/aromatic N) is 2. The minimum atomic E-state index is -0.721. The normalized spacial score (nSPS) is 11.3. The Hall–Kier alpha value is -1.13. The van der Waals surface area contributed by atoms with E-state index in [0.717, 1.165) is 12.1 Å². The molecule has 0 N–H and O–H groups in total. The topological polar surface area (TPSA) is 17.8 Å². The lowest BCUT2D eigenvalue weighted by Crippen LogP contribution is -2.01. The van der Waals surface area contributed by atoms with Crippen molar-refractivity contribution >= 4 is 23.2 Å². The van der Waals surface area contributed by atoms with Crippen molar-refractivity contribution in [2.75, 3.05) is 0 Å². The minimum absolute atomic E-state index is 0.102. The third-order valence-corrected chi connectivity index (χ3v) is 3.43. The molecule has 1 heterocycles. The van der Waals surface area contributed by atoms with Gasteiger partial charge in [0.2, 0.25) is 0 Å². The molecular formula is C13H12Cl2F2N2. The van der Waals surface area contributed by atoms with Gasteiger partial charge < -0.3 is 0 Å². The van der Waals surface area contributed by atoms with Gasteiger partial charge in [-0.1, -0.05) is 25.4 Å². The molecule has 0 spiro atoms. The van der Waals surface area contributed by atoms with E-state index >= 15 is 0 Å². The van der Waals surface area contributed by atoms with Crippen molar-refractivity contribution < 1.29 is 8.78 Å². The molecule has 2 aromatic rings. The first-order chi connectivity index (χ1) is 8.95. The molecule has 0 radical (unpaired) electrons. The zero-order valence-corrected chi connectivity index (χ0v) is 11.9. The third kappa shape index (κ3) is 2.60. The van der Waals surface area contributed by atoms with Crippen molar-refractivity contribution in [1.29, 1.82) is 0 Å². The summed E-state index contributed by atoms with van der Waals surface area (Å²) in [6.07, 6.45) is 0. The van der Waals surface area contributed by atoms with Gasteiger partial charge in [0, 0.05) is 11.6 Å². The van der Waals surface area contributed by atoms with Crippen LogP contribution >= 0.6 is 23.2 Å². The Labute approximate surface area is 119 Å². The molecule has 0 amide bonds. The zero-order chi connectivity index (χ0) is 14.2. The highest BCUT2D eigenvalue weighted by molar-refractivity contribution is 6.31. The fraction of sp³-hybridized carbons (Fsp3) is 0.308. The van der Waals surface area contributed by atoms with Gasteiger partial charge in [-0.15, -0.1) is 11.6 Å². The summed E-state index contributed by atoms with van der Waals surface area (Å²) in [5.41, 5.74) is 1.48. The predicted octanol–water partition coefficient (Wildman–Crippen LogP) is 4.67. The molecule has 0 saturated heterocycles. The molecule has 0 fully saturated rings. The van der Waals surface area contributed by atoms with E-state index in [0.29, 0.717) is 11.3 Å². The largest absolute Gasteiger partial charge is 0.219 e. The number of halogens is 4. The molecule has 1 aromatic heterocycles. The second-order valence-corrected chi connectivity index (χ2v) is 5.08. The highest BCUT2D eigenvalue weighted by Gasteiger charge is 2.20. The summed E-state index contributed by atoms with van der Waals surface area (Å²) in [4.78, 5) is 0. The van der Waals surface area contributed by atoms with Crippen LogP contribution in [0.1, 0.15) is 31.0 Å². The molecule has 0 aliphatic rings. The second kappa shape index (κ2) is 5.47. The van der Waals surface area contributed by atoms with Gasteiger partial charge in [-0.3, -0.25) is 0 Å². The molecule has 6 heteroatoms. The summed E-state index contributed by atoms with van der Waals surface area (Å²) in [6, 6.07) is 3.25. The predicted molar refractivity (Wildman–Crippen MR) is 72.1 cm³/mol. The molecule has 2 rings (SSSR count). The Morgan fingerprint density at radius 2 is 2.00 bits per heavy atom. The lowest BCUT2D eigenvalue weighted by atomic mass is 10.1. The van der Waals surface area contributed by atoms with Crippen molar-refractivity contribution in [2.24, 2.45) is 0 Å². The van der Waals surface area contributed by atoms with E-state index in [-0.39, 0.29) is 22.6 Å². The van der Waals surface area contributed by atoms with E-state index in [2.05, 4.69) is 5.10 Å². The molecule has 2 nitrogen and oxygen atoms in total. The van der Waals surface area contributed by atoms with Gasteiger partial charge in [0.05, 0.1) is 11.6 Å². The van der Waals surface area contributed by atoms with Crippen LogP contribution in [0.4, 0.5) is 8.78 Å². The number of benzene rings is 1. The van der Waals surface area contributed by atoms with Gasteiger partial charge in [-0.25, -0.2) is 13.5 Å². The van der Waals surface area contributed by atoms with Crippen molar-refractivity contribution in [1.82, 2.24) is 9.78 Å². The smallest absolute Gasteiger partial charge is 0.151 e. The van der Waals surface area contributed by atoms with E-state index in [9.17, 15) is 8.78 Å². The highest BCUT2D eigenvalue weighted by Crippen LogP contribution is 2.30. The van der Waals surface area contributed by atoms with Crippen LogP contribution in [-0.2, 0) is 5.88 Å². The number of hydrogen-bond acceptors (Lipinski definition) is 1. The molecule has 0 aliphatic heterocycles. The number of hydrogen-bond donors (Lipinski definition) is 0. The van der Waals surface area contributed by atoms with Crippen LogP contribution in [0.5, 0.6) is 0 Å². The van der Waals surface area contributed by atoms with Crippen molar-refractivity contribution in [2.45, 2.75) is 25.6 Å². The molecule has 0 atom stereocenters. The first-order valence-electron chi connectivity index (χ1n) is 5.74. The summed E-state index contributed by atoms with van der Waals surface area (Å²) in [6.45, 7) is 3.89. The van der Waals surface area contributed by atoms with Crippen LogP contribution in [0.25, 0.3) is 5.69 Å². The highest BCUT2D eigenvalue weighted by atomic mass is 35.5. The summed E-state index contributed by atoms with van der Waals surface area (Å²) in [5, 5.41) is 4.53. The summed E-state index contributed by atoms with van der Waals surface area (Å²) in [5.74, 6) is -1.07. The molecule has 1 aromatic carbocycles. The van der Waals surface area contributed by atoms with Gasteiger partial charge in [0.15, 0.2) is 5.82 Å². The summed E-state index contributed by atoms with van der Waals surface area (Å²) < 4.78 is 27.9. The van der Waals surface area contributed by atoms with E-state index in [4.69, 9.17) is 23.2 Å². The van der Waals surface area contributed by atoms with Gasteiger partial charge in [-0.05, 0) is 18.1 Å². The molecule has 102 valence electrons. The maximum Gasteiger partial charge on any atom is 0.151 e. The molecular weight excluding hydrogens is 293 g/mol. The lowest BCUT2D eigenvalue weighted by Gasteiger charge is -2.04. The van der Waals surface area contributed by atoms with Crippen LogP contribution in [0, 0.1) is 11.6 Å². The van der Waals surface area contributed by atoms with Gasteiger partial charge in [-0.2, -0.15) is 5.10 Å². The fourth-order valence-electron chi connectivity index (χ4n) is 1.85. The second-order valence-electron chi connectivity index (χ2n) is 4.45. The van der Waals surface area contributed by atoms with Crippen molar-refractivity contribution in [3.8, 4) is 5.69 Å². The van der Waals surface area contributed by atoms with Crippen LogP contribution in [0.2, 0.25) is 5.15 Å². The van der Waals surface area contributed by atoms with E-state index in [1.54, 1.807) is 0 Å². The van der Waals surface area contributed by atoms with Crippen molar-refractivity contribution in [3.05, 3.63) is 46.2 Å². The van der Waals surface area contributed by atoms with Gasteiger partial charge in [0.1, 0.15) is 16.7 Å². The number of alkyl halides is 1. The Balaban J connectivity index is 2.63. The summed E-state index contributed by atoms with van der Waals surface area (Å²) in [7, 11) is 0. The van der Waals surface area contributed by atoms with Crippen LogP contribution < -0.4 is 0 Å². The fourth-order valence-corrected chi connectivity index (χ4v) is 2.47. The zero-order valence-electron chi connectivity index (χ0n) is 10.4. The van der Waals surface area contributed by atoms with Crippen LogP contribution in [0.3, 0.4) is 0 Å². The quantitative estimate of drug-likeness (QED) is 0.754. The first-order valence-corrected chi connectivity index (χ1v) is 6.65. The van der Waals surface area contributed by atoms with Gasteiger partial charge in [0.25, 0.3) is 0 Å². The minimum Gasteiger partial charge on any atom is -0.219 e. The maximum absolute atomic E-state index is 13.8. The van der Waals surface area contributed by atoms with Crippen LogP contribution in [-0.4, -0.2) is 9.78 Å². The number of aromatic nitrogens is 2. The maximum atomic E-state index is 13.8. The monoisotopic (exact) mass is 304 g/mol. The van der Waals surface area contributed by atoms with E-state index in [1.807, 2.05) is 13.8 Å².